The average molecular weight is 308 g/mol. The third-order valence-corrected chi connectivity index (χ3v) is 3.08. The zero-order valence-electron chi connectivity index (χ0n) is 11.6. The number of nitrogens with zero attached hydrogens (tertiary/aromatic N) is 1. The second kappa shape index (κ2) is 6.45. The SMILES string of the molecule is COc1cc(C)nc(COc2c(Cl)cccc2C(=O)O)c1. The molecule has 0 radical (unpaired) electrons. The van der Waals surface area contributed by atoms with Gasteiger partial charge < -0.3 is 14.6 Å². The van der Waals surface area contributed by atoms with Crippen molar-refractivity contribution in [3.8, 4) is 11.5 Å². The Labute approximate surface area is 127 Å². The lowest BCUT2D eigenvalue weighted by Gasteiger charge is -2.11. The third kappa shape index (κ3) is 3.64. The first-order valence-electron chi connectivity index (χ1n) is 6.17. The molecule has 1 aromatic heterocycles. The smallest absolute Gasteiger partial charge is 0.339 e. The molecule has 0 fully saturated rings. The Kier molecular flexibility index (Phi) is 4.65. The van der Waals surface area contributed by atoms with Crippen LogP contribution in [0.1, 0.15) is 21.7 Å². The number of aryl methyl sites for hydroxylation is 1. The number of carboxylic acid groups (broad SMARTS) is 1. The molecule has 0 aliphatic rings. The van der Waals surface area contributed by atoms with Gasteiger partial charge in [0.25, 0.3) is 0 Å². The number of methoxy groups -OCH3 is 1. The molecule has 110 valence electrons. The maximum atomic E-state index is 11.2. The fourth-order valence-corrected chi connectivity index (χ4v) is 2.09. The zero-order valence-corrected chi connectivity index (χ0v) is 12.3. The lowest BCUT2D eigenvalue weighted by molar-refractivity contribution is 0.0691. The van der Waals surface area contributed by atoms with Crippen LogP contribution in [-0.4, -0.2) is 23.2 Å². The van der Waals surface area contributed by atoms with Crippen molar-refractivity contribution < 1.29 is 19.4 Å². The molecule has 1 aromatic carbocycles. The van der Waals surface area contributed by atoms with Crippen molar-refractivity contribution in [2.75, 3.05) is 7.11 Å². The van der Waals surface area contributed by atoms with Crippen LogP contribution in [0.15, 0.2) is 30.3 Å². The molecule has 2 aromatic rings. The predicted molar refractivity (Wildman–Crippen MR) is 78.3 cm³/mol. The summed E-state index contributed by atoms with van der Waals surface area (Å²) in [5, 5.41) is 9.38. The minimum Gasteiger partial charge on any atom is -0.497 e. The van der Waals surface area contributed by atoms with Crippen LogP contribution < -0.4 is 9.47 Å². The summed E-state index contributed by atoms with van der Waals surface area (Å²) in [7, 11) is 1.57. The van der Waals surface area contributed by atoms with E-state index in [4.69, 9.17) is 26.2 Å². The Morgan fingerprint density at radius 3 is 2.81 bits per heavy atom. The highest BCUT2D eigenvalue weighted by Crippen LogP contribution is 2.29. The van der Waals surface area contributed by atoms with E-state index in [9.17, 15) is 4.79 Å². The molecule has 0 unspecified atom stereocenters. The molecule has 1 heterocycles. The molecule has 0 atom stereocenters. The number of benzene rings is 1. The van der Waals surface area contributed by atoms with E-state index in [-0.39, 0.29) is 22.9 Å². The second-order valence-corrected chi connectivity index (χ2v) is 4.76. The van der Waals surface area contributed by atoms with Gasteiger partial charge in [0, 0.05) is 17.8 Å². The van der Waals surface area contributed by atoms with Crippen LogP contribution in [0.2, 0.25) is 5.02 Å². The Morgan fingerprint density at radius 2 is 2.14 bits per heavy atom. The van der Waals surface area contributed by atoms with Gasteiger partial charge in [0.05, 0.1) is 17.8 Å². The van der Waals surface area contributed by atoms with Gasteiger partial charge in [-0.1, -0.05) is 17.7 Å². The maximum absolute atomic E-state index is 11.2. The number of pyridine rings is 1. The number of halogens is 1. The van der Waals surface area contributed by atoms with E-state index in [0.29, 0.717) is 11.4 Å². The van der Waals surface area contributed by atoms with E-state index in [1.807, 2.05) is 6.92 Å². The molecule has 0 aliphatic carbocycles. The van der Waals surface area contributed by atoms with Crippen LogP contribution in [0.25, 0.3) is 0 Å². The highest BCUT2D eigenvalue weighted by molar-refractivity contribution is 6.32. The van der Waals surface area contributed by atoms with Gasteiger partial charge >= 0.3 is 5.97 Å². The number of carboxylic acids is 1. The van der Waals surface area contributed by atoms with Gasteiger partial charge in [-0.2, -0.15) is 0 Å². The molecule has 6 heteroatoms. The molecule has 2 rings (SSSR count). The molecular formula is C15H14ClNO4. The normalized spacial score (nSPS) is 10.2. The molecular weight excluding hydrogens is 294 g/mol. The van der Waals surface area contributed by atoms with Crippen LogP contribution in [-0.2, 0) is 6.61 Å². The first-order chi connectivity index (χ1) is 10.0. The summed E-state index contributed by atoms with van der Waals surface area (Å²) in [5.74, 6) is -0.296. The van der Waals surface area contributed by atoms with Crippen molar-refractivity contribution in [2.24, 2.45) is 0 Å². The number of rotatable bonds is 5. The van der Waals surface area contributed by atoms with Crippen molar-refractivity contribution in [2.45, 2.75) is 13.5 Å². The average Bonchev–Trinajstić information content (AvgIpc) is 2.45. The minimum atomic E-state index is -1.10. The van der Waals surface area contributed by atoms with Crippen LogP contribution in [0.4, 0.5) is 0 Å². The largest absolute Gasteiger partial charge is 0.497 e. The van der Waals surface area contributed by atoms with E-state index in [0.717, 1.165) is 5.69 Å². The second-order valence-electron chi connectivity index (χ2n) is 4.35. The number of aromatic carboxylic acids is 1. The van der Waals surface area contributed by atoms with E-state index in [2.05, 4.69) is 4.98 Å². The topological polar surface area (TPSA) is 68.7 Å². The highest BCUT2D eigenvalue weighted by Gasteiger charge is 2.15. The molecule has 0 saturated heterocycles. The summed E-state index contributed by atoms with van der Waals surface area (Å²) in [6.45, 7) is 1.94. The lowest BCUT2D eigenvalue weighted by Crippen LogP contribution is -2.05. The monoisotopic (exact) mass is 307 g/mol. The molecule has 0 bridgehead atoms. The van der Waals surface area contributed by atoms with E-state index < -0.39 is 5.97 Å². The van der Waals surface area contributed by atoms with Crippen molar-refractivity contribution in [1.29, 1.82) is 0 Å². The molecule has 5 nitrogen and oxygen atoms in total. The first-order valence-corrected chi connectivity index (χ1v) is 6.55. The molecule has 21 heavy (non-hydrogen) atoms. The van der Waals surface area contributed by atoms with Gasteiger partial charge in [-0.15, -0.1) is 0 Å². The van der Waals surface area contributed by atoms with Crippen LogP contribution >= 0.6 is 11.6 Å². The fourth-order valence-electron chi connectivity index (χ4n) is 1.86. The number of hydrogen-bond acceptors (Lipinski definition) is 4. The lowest BCUT2D eigenvalue weighted by atomic mass is 10.2. The van der Waals surface area contributed by atoms with Gasteiger partial charge in [-0.25, -0.2) is 4.79 Å². The van der Waals surface area contributed by atoms with E-state index in [1.165, 1.54) is 6.07 Å². The Bertz CT molecular complexity index is 673. The van der Waals surface area contributed by atoms with Crippen molar-refractivity contribution in [3.63, 3.8) is 0 Å². The van der Waals surface area contributed by atoms with Crippen LogP contribution in [0, 0.1) is 6.92 Å². The van der Waals surface area contributed by atoms with Gasteiger partial charge in [-0.3, -0.25) is 4.98 Å². The number of carbonyl (C=O) groups is 1. The summed E-state index contributed by atoms with van der Waals surface area (Å²) in [6.07, 6.45) is 0. The summed E-state index contributed by atoms with van der Waals surface area (Å²) in [5.41, 5.74) is 1.43. The van der Waals surface area contributed by atoms with Crippen LogP contribution in [0.5, 0.6) is 11.5 Å². The predicted octanol–water partition coefficient (Wildman–Crippen LogP) is 3.33. The molecule has 0 saturated carbocycles. The Morgan fingerprint density at radius 1 is 1.38 bits per heavy atom. The molecule has 1 N–H and O–H groups in total. The Hall–Kier alpha value is -2.27. The summed E-state index contributed by atoms with van der Waals surface area (Å²) < 4.78 is 10.7. The van der Waals surface area contributed by atoms with E-state index in [1.54, 1.807) is 31.4 Å². The van der Waals surface area contributed by atoms with Gasteiger partial charge in [0.2, 0.25) is 0 Å². The number of hydrogen-bond donors (Lipinski definition) is 1. The molecule has 0 aliphatic heterocycles. The van der Waals surface area contributed by atoms with Gasteiger partial charge in [0.1, 0.15) is 17.9 Å². The summed E-state index contributed by atoms with van der Waals surface area (Å²) in [6, 6.07) is 8.10. The summed E-state index contributed by atoms with van der Waals surface area (Å²) >= 11 is 6.00. The van der Waals surface area contributed by atoms with Crippen molar-refractivity contribution in [1.82, 2.24) is 4.98 Å². The molecule has 0 spiro atoms. The number of aromatic nitrogens is 1. The zero-order chi connectivity index (χ0) is 15.4. The first kappa shape index (κ1) is 15.1. The van der Waals surface area contributed by atoms with Gasteiger partial charge in [-0.05, 0) is 19.1 Å². The van der Waals surface area contributed by atoms with Crippen LogP contribution in [0.3, 0.4) is 0 Å². The van der Waals surface area contributed by atoms with Gasteiger partial charge in [0.15, 0.2) is 5.75 Å². The standard InChI is InChI=1S/C15H14ClNO4/c1-9-6-11(20-2)7-10(17-9)8-21-14-12(15(18)19)4-3-5-13(14)16/h3-7H,8H2,1-2H3,(H,18,19). The molecule has 0 amide bonds. The fraction of sp³-hybridized carbons (Fsp3) is 0.200. The highest BCUT2D eigenvalue weighted by atomic mass is 35.5. The minimum absolute atomic E-state index is 0.0159. The third-order valence-electron chi connectivity index (χ3n) is 2.78. The van der Waals surface area contributed by atoms with Crippen molar-refractivity contribution in [3.05, 3.63) is 52.3 Å². The number of para-hydroxylation sites is 1. The van der Waals surface area contributed by atoms with E-state index >= 15 is 0 Å². The number of ether oxygens (including phenoxy) is 2. The summed E-state index contributed by atoms with van der Waals surface area (Å²) in [4.78, 5) is 15.5. The van der Waals surface area contributed by atoms with Crippen molar-refractivity contribution >= 4 is 17.6 Å². The maximum Gasteiger partial charge on any atom is 0.339 e. The Balaban J connectivity index is 2.24. The quantitative estimate of drug-likeness (QED) is 0.917.